The van der Waals surface area contributed by atoms with Gasteiger partial charge in [0.15, 0.2) is 0 Å². The maximum Gasteiger partial charge on any atom is 0.308 e. The van der Waals surface area contributed by atoms with Crippen molar-refractivity contribution in [3.63, 3.8) is 0 Å². The van der Waals surface area contributed by atoms with Crippen molar-refractivity contribution < 1.29 is 9.90 Å². The molecule has 6 nitrogen and oxygen atoms in total. The van der Waals surface area contributed by atoms with E-state index in [0.717, 1.165) is 0 Å². The van der Waals surface area contributed by atoms with Crippen molar-refractivity contribution >= 4 is 11.9 Å². The second-order valence-electron chi connectivity index (χ2n) is 3.54. The van der Waals surface area contributed by atoms with Crippen molar-refractivity contribution in [1.29, 1.82) is 0 Å². The van der Waals surface area contributed by atoms with Gasteiger partial charge in [-0.15, -0.1) is 0 Å². The highest BCUT2D eigenvalue weighted by Gasteiger charge is 2.16. The highest BCUT2D eigenvalue weighted by molar-refractivity contribution is 5.70. The number of rotatable bonds is 3. The van der Waals surface area contributed by atoms with Crippen LogP contribution in [-0.2, 0) is 11.2 Å². The normalized spacial score (nSPS) is 10.6. The largest absolute Gasteiger partial charge is 0.481 e. The van der Waals surface area contributed by atoms with E-state index >= 15 is 0 Å². The van der Waals surface area contributed by atoms with Crippen LogP contribution >= 0.6 is 0 Å². The van der Waals surface area contributed by atoms with Crippen molar-refractivity contribution in [2.24, 2.45) is 0 Å². The molecule has 1 rings (SSSR count). The molecule has 1 aromatic heterocycles. The Morgan fingerprint density at radius 2 is 2.20 bits per heavy atom. The number of anilines is 1. The molecule has 82 valence electrons. The summed E-state index contributed by atoms with van der Waals surface area (Å²) in [6.07, 6.45) is -0.337. The van der Waals surface area contributed by atoms with Crippen LogP contribution < -0.4 is 11.3 Å². The van der Waals surface area contributed by atoms with Crippen LogP contribution in [0.3, 0.4) is 0 Å². The van der Waals surface area contributed by atoms with E-state index in [1.165, 1.54) is 0 Å². The molecule has 0 radical (unpaired) electrons. The van der Waals surface area contributed by atoms with E-state index in [9.17, 15) is 9.59 Å². The summed E-state index contributed by atoms with van der Waals surface area (Å²) < 4.78 is 0. The van der Waals surface area contributed by atoms with Gasteiger partial charge in [0.25, 0.3) is 5.56 Å². The number of carbonyl (C=O) groups is 1. The Kier molecular flexibility index (Phi) is 3.08. The average molecular weight is 211 g/mol. The van der Waals surface area contributed by atoms with E-state index in [2.05, 4.69) is 9.97 Å². The zero-order valence-electron chi connectivity index (χ0n) is 8.57. The number of hydrogen-bond donors (Lipinski definition) is 3. The number of hydrogen-bond acceptors (Lipinski definition) is 4. The molecule has 0 saturated carbocycles. The van der Waals surface area contributed by atoms with Gasteiger partial charge in [0, 0.05) is 0 Å². The first kappa shape index (κ1) is 11.2. The quantitative estimate of drug-likeness (QED) is 0.657. The average Bonchev–Trinajstić information content (AvgIpc) is 2.08. The molecule has 1 aromatic rings. The number of aliphatic carboxylic acids is 1. The smallest absolute Gasteiger partial charge is 0.308 e. The summed E-state index contributed by atoms with van der Waals surface area (Å²) in [4.78, 5) is 28.3. The number of nitrogens with one attached hydrogen (secondary N) is 1. The second kappa shape index (κ2) is 4.12. The molecule has 0 aliphatic carbocycles. The molecule has 0 atom stereocenters. The summed E-state index contributed by atoms with van der Waals surface area (Å²) in [5.74, 6) is -1.09. The fourth-order valence-electron chi connectivity index (χ4n) is 1.33. The van der Waals surface area contributed by atoms with Gasteiger partial charge in [0.2, 0.25) is 5.95 Å². The van der Waals surface area contributed by atoms with Gasteiger partial charge < -0.3 is 10.8 Å². The Morgan fingerprint density at radius 3 is 2.67 bits per heavy atom. The van der Waals surface area contributed by atoms with Gasteiger partial charge in [-0.05, 0) is 5.92 Å². The zero-order chi connectivity index (χ0) is 11.6. The van der Waals surface area contributed by atoms with Crippen molar-refractivity contribution in [3.05, 3.63) is 21.6 Å². The fraction of sp³-hybridized carbons (Fsp3) is 0.444. The van der Waals surface area contributed by atoms with Crippen LogP contribution in [0.1, 0.15) is 31.0 Å². The number of H-pyrrole nitrogens is 1. The number of carboxylic acids is 1. The third-order valence-electron chi connectivity index (χ3n) is 1.94. The summed E-state index contributed by atoms with van der Waals surface area (Å²) in [6.45, 7) is 3.65. The Hall–Kier alpha value is -1.85. The predicted molar refractivity (Wildman–Crippen MR) is 54.7 cm³/mol. The topological polar surface area (TPSA) is 109 Å². The standard InChI is InChI=1S/C9H13N3O3/c1-4(2)7-5(3-6(13)14)8(15)12-9(10)11-7/h4H,3H2,1-2H3,(H,13,14)(H3,10,11,12,15). The summed E-state index contributed by atoms with van der Waals surface area (Å²) in [5, 5.41) is 8.66. The van der Waals surface area contributed by atoms with Gasteiger partial charge in [0.05, 0.1) is 17.7 Å². The Balaban J connectivity index is 3.33. The minimum absolute atomic E-state index is 0.0119. The molecule has 0 unspecified atom stereocenters. The molecule has 15 heavy (non-hydrogen) atoms. The maximum atomic E-state index is 11.5. The Bertz CT molecular complexity index is 437. The van der Waals surface area contributed by atoms with Crippen LogP contribution in [0.15, 0.2) is 4.79 Å². The zero-order valence-corrected chi connectivity index (χ0v) is 8.57. The van der Waals surface area contributed by atoms with Crippen molar-refractivity contribution in [3.8, 4) is 0 Å². The molecular formula is C9H13N3O3. The van der Waals surface area contributed by atoms with E-state index in [-0.39, 0.29) is 23.9 Å². The summed E-state index contributed by atoms with van der Waals surface area (Å²) in [6, 6.07) is 0. The van der Waals surface area contributed by atoms with Crippen LogP contribution in [-0.4, -0.2) is 21.0 Å². The molecule has 0 aliphatic rings. The van der Waals surface area contributed by atoms with Crippen molar-refractivity contribution in [2.45, 2.75) is 26.2 Å². The Labute approximate surface area is 86.2 Å². The lowest BCUT2D eigenvalue weighted by atomic mass is 10.0. The summed E-state index contributed by atoms with van der Waals surface area (Å²) in [7, 11) is 0. The molecule has 0 amide bonds. The first-order valence-electron chi connectivity index (χ1n) is 4.52. The van der Waals surface area contributed by atoms with E-state index in [0.29, 0.717) is 5.69 Å². The van der Waals surface area contributed by atoms with Crippen molar-refractivity contribution in [1.82, 2.24) is 9.97 Å². The lowest BCUT2D eigenvalue weighted by Gasteiger charge is -2.09. The summed E-state index contributed by atoms with van der Waals surface area (Å²) in [5.41, 5.74) is 5.52. The van der Waals surface area contributed by atoms with Crippen molar-refractivity contribution in [2.75, 3.05) is 5.73 Å². The number of nitrogens with zero attached hydrogens (tertiary/aromatic N) is 1. The second-order valence-corrected chi connectivity index (χ2v) is 3.54. The third-order valence-corrected chi connectivity index (χ3v) is 1.94. The molecule has 0 bridgehead atoms. The highest BCUT2D eigenvalue weighted by atomic mass is 16.4. The number of aromatic amines is 1. The van der Waals surface area contributed by atoms with Crippen LogP contribution in [0.5, 0.6) is 0 Å². The number of nitrogen functional groups attached to an aromatic ring is 1. The minimum atomic E-state index is -1.06. The molecule has 0 aliphatic heterocycles. The van der Waals surface area contributed by atoms with Gasteiger partial charge >= 0.3 is 5.97 Å². The first-order valence-corrected chi connectivity index (χ1v) is 4.52. The van der Waals surface area contributed by atoms with Gasteiger partial charge in [-0.25, -0.2) is 4.98 Å². The van der Waals surface area contributed by atoms with E-state index in [1.54, 1.807) is 0 Å². The summed E-state index contributed by atoms with van der Waals surface area (Å²) >= 11 is 0. The van der Waals surface area contributed by atoms with Crippen LogP contribution in [0.4, 0.5) is 5.95 Å². The molecule has 0 fully saturated rings. The molecule has 0 spiro atoms. The van der Waals surface area contributed by atoms with E-state index in [4.69, 9.17) is 10.8 Å². The lowest BCUT2D eigenvalue weighted by molar-refractivity contribution is -0.136. The number of aromatic nitrogens is 2. The number of carboxylic acid groups (broad SMARTS) is 1. The molecule has 6 heteroatoms. The first-order chi connectivity index (χ1) is 6.91. The molecule has 4 N–H and O–H groups in total. The van der Waals surface area contributed by atoms with Gasteiger partial charge in [-0.1, -0.05) is 13.8 Å². The maximum absolute atomic E-state index is 11.5. The fourth-order valence-corrected chi connectivity index (χ4v) is 1.33. The predicted octanol–water partition coefficient (Wildman–Crippen LogP) is 0.103. The number of nitrogens with two attached hydrogens (primary N) is 1. The SMILES string of the molecule is CC(C)c1nc(N)[nH]c(=O)c1CC(=O)O. The Morgan fingerprint density at radius 1 is 1.60 bits per heavy atom. The third kappa shape index (κ3) is 2.55. The van der Waals surface area contributed by atoms with Gasteiger partial charge in [-0.3, -0.25) is 14.6 Å². The molecular weight excluding hydrogens is 198 g/mol. The van der Waals surface area contributed by atoms with E-state index in [1.807, 2.05) is 13.8 Å². The lowest BCUT2D eigenvalue weighted by Crippen LogP contribution is -2.22. The monoisotopic (exact) mass is 211 g/mol. The highest BCUT2D eigenvalue weighted by Crippen LogP contribution is 2.14. The molecule has 0 saturated heterocycles. The van der Waals surface area contributed by atoms with Gasteiger partial charge in [0.1, 0.15) is 0 Å². The van der Waals surface area contributed by atoms with Crippen LogP contribution in [0.25, 0.3) is 0 Å². The molecule has 1 heterocycles. The van der Waals surface area contributed by atoms with E-state index < -0.39 is 11.5 Å². The van der Waals surface area contributed by atoms with Crippen LogP contribution in [0.2, 0.25) is 0 Å². The minimum Gasteiger partial charge on any atom is -0.481 e. The van der Waals surface area contributed by atoms with Gasteiger partial charge in [-0.2, -0.15) is 0 Å². The van der Waals surface area contributed by atoms with Crippen LogP contribution in [0, 0.1) is 0 Å². The molecule has 0 aromatic carbocycles.